The van der Waals surface area contributed by atoms with Gasteiger partial charge in [-0.25, -0.2) is 0 Å². The number of cyclic esters (lactones) is 1. The minimum Gasteiger partial charge on any atom is -0.465 e. The Balaban J connectivity index is 2.63. The normalized spacial score (nSPS) is 29.7. The molecule has 0 aromatic heterocycles. The molecule has 1 heterocycles. The molecule has 1 aliphatic rings. The van der Waals surface area contributed by atoms with Crippen LogP contribution in [0.4, 0.5) is 0 Å². The highest BCUT2D eigenvalue weighted by molar-refractivity contribution is 5.70. The van der Waals surface area contributed by atoms with Crippen LogP contribution in [0, 0.1) is 11.3 Å². The van der Waals surface area contributed by atoms with Gasteiger partial charge in [-0.05, 0) is 5.92 Å². The average molecular weight is 156 g/mol. The summed E-state index contributed by atoms with van der Waals surface area (Å²) in [6.07, 6.45) is 1.67. The standard InChI is InChI=1S/C9H16O2/c1-4-7-5-8(10)11-6-9(7,2)3/h7H,4-6H2,1-3H3. The fourth-order valence-corrected chi connectivity index (χ4v) is 1.62. The maximum absolute atomic E-state index is 10.9. The Morgan fingerprint density at radius 2 is 2.27 bits per heavy atom. The van der Waals surface area contributed by atoms with Crippen molar-refractivity contribution in [3.8, 4) is 0 Å². The van der Waals surface area contributed by atoms with Crippen molar-refractivity contribution in [1.82, 2.24) is 0 Å². The van der Waals surface area contributed by atoms with Gasteiger partial charge in [-0.2, -0.15) is 0 Å². The van der Waals surface area contributed by atoms with Gasteiger partial charge in [0.15, 0.2) is 0 Å². The lowest BCUT2D eigenvalue weighted by molar-refractivity contribution is -0.158. The summed E-state index contributed by atoms with van der Waals surface area (Å²) < 4.78 is 4.99. The van der Waals surface area contributed by atoms with Gasteiger partial charge >= 0.3 is 5.97 Å². The van der Waals surface area contributed by atoms with Gasteiger partial charge in [0.05, 0.1) is 6.61 Å². The Hall–Kier alpha value is -0.530. The second kappa shape index (κ2) is 2.84. The number of carbonyl (C=O) groups is 1. The zero-order valence-electron chi connectivity index (χ0n) is 7.52. The first-order valence-electron chi connectivity index (χ1n) is 4.22. The van der Waals surface area contributed by atoms with Crippen molar-refractivity contribution in [3.63, 3.8) is 0 Å². The van der Waals surface area contributed by atoms with Crippen LogP contribution in [0.2, 0.25) is 0 Å². The summed E-state index contributed by atoms with van der Waals surface area (Å²) in [4.78, 5) is 10.9. The van der Waals surface area contributed by atoms with Crippen LogP contribution in [0.15, 0.2) is 0 Å². The second-order valence-corrected chi connectivity index (χ2v) is 3.96. The van der Waals surface area contributed by atoms with Crippen molar-refractivity contribution in [2.75, 3.05) is 6.61 Å². The topological polar surface area (TPSA) is 26.3 Å². The zero-order valence-corrected chi connectivity index (χ0v) is 7.52. The fraction of sp³-hybridized carbons (Fsp3) is 0.889. The number of hydrogen-bond donors (Lipinski definition) is 0. The number of ether oxygens (including phenoxy) is 1. The molecule has 11 heavy (non-hydrogen) atoms. The van der Waals surface area contributed by atoms with Gasteiger partial charge < -0.3 is 4.74 Å². The lowest BCUT2D eigenvalue weighted by Crippen LogP contribution is -2.37. The predicted molar refractivity (Wildman–Crippen MR) is 43.1 cm³/mol. The second-order valence-electron chi connectivity index (χ2n) is 3.96. The maximum atomic E-state index is 10.9. The van der Waals surface area contributed by atoms with Crippen LogP contribution in [0.3, 0.4) is 0 Å². The minimum atomic E-state index is -0.0313. The van der Waals surface area contributed by atoms with E-state index in [1.54, 1.807) is 0 Å². The Morgan fingerprint density at radius 3 is 2.73 bits per heavy atom. The van der Waals surface area contributed by atoms with Crippen molar-refractivity contribution < 1.29 is 9.53 Å². The maximum Gasteiger partial charge on any atom is 0.306 e. The van der Waals surface area contributed by atoms with E-state index in [9.17, 15) is 4.79 Å². The minimum absolute atomic E-state index is 0.0313. The van der Waals surface area contributed by atoms with E-state index >= 15 is 0 Å². The van der Waals surface area contributed by atoms with Crippen LogP contribution in [0.1, 0.15) is 33.6 Å². The quantitative estimate of drug-likeness (QED) is 0.543. The predicted octanol–water partition coefficient (Wildman–Crippen LogP) is 1.99. The van der Waals surface area contributed by atoms with E-state index in [4.69, 9.17) is 4.74 Å². The van der Waals surface area contributed by atoms with E-state index in [1.165, 1.54) is 0 Å². The van der Waals surface area contributed by atoms with Crippen molar-refractivity contribution >= 4 is 5.97 Å². The molecular formula is C9H16O2. The molecule has 1 aliphatic heterocycles. The van der Waals surface area contributed by atoms with Gasteiger partial charge in [0, 0.05) is 11.8 Å². The van der Waals surface area contributed by atoms with E-state index in [0.29, 0.717) is 18.9 Å². The molecule has 0 saturated carbocycles. The summed E-state index contributed by atoms with van der Waals surface area (Å²) in [6.45, 7) is 7.04. The van der Waals surface area contributed by atoms with Crippen molar-refractivity contribution in [2.24, 2.45) is 11.3 Å². The van der Waals surface area contributed by atoms with E-state index in [-0.39, 0.29) is 11.4 Å². The summed E-state index contributed by atoms with van der Waals surface area (Å²) in [5, 5.41) is 0. The fourth-order valence-electron chi connectivity index (χ4n) is 1.62. The summed E-state index contributed by atoms with van der Waals surface area (Å²) in [5.41, 5.74) is 0.183. The molecule has 2 nitrogen and oxygen atoms in total. The van der Waals surface area contributed by atoms with Crippen molar-refractivity contribution in [2.45, 2.75) is 33.6 Å². The van der Waals surface area contributed by atoms with Crippen LogP contribution in [-0.4, -0.2) is 12.6 Å². The third kappa shape index (κ3) is 1.73. The molecule has 64 valence electrons. The molecule has 0 amide bonds. The number of esters is 1. The number of rotatable bonds is 1. The van der Waals surface area contributed by atoms with Crippen molar-refractivity contribution in [1.29, 1.82) is 0 Å². The third-order valence-corrected chi connectivity index (χ3v) is 2.62. The molecule has 1 fully saturated rings. The summed E-state index contributed by atoms with van der Waals surface area (Å²) in [7, 11) is 0. The molecule has 0 bridgehead atoms. The molecule has 1 saturated heterocycles. The number of carbonyl (C=O) groups excluding carboxylic acids is 1. The van der Waals surface area contributed by atoms with Gasteiger partial charge in [-0.15, -0.1) is 0 Å². The first kappa shape index (κ1) is 8.57. The molecular weight excluding hydrogens is 140 g/mol. The monoisotopic (exact) mass is 156 g/mol. The molecule has 2 heteroatoms. The van der Waals surface area contributed by atoms with E-state index in [2.05, 4.69) is 20.8 Å². The lowest BCUT2D eigenvalue weighted by atomic mass is 9.75. The highest BCUT2D eigenvalue weighted by atomic mass is 16.5. The van der Waals surface area contributed by atoms with Gasteiger partial charge in [0.1, 0.15) is 0 Å². The summed E-state index contributed by atoms with van der Waals surface area (Å²) in [5.74, 6) is 0.472. The largest absolute Gasteiger partial charge is 0.465 e. The zero-order chi connectivity index (χ0) is 8.48. The lowest BCUT2D eigenvalue weighted by Gasteiger charge is -2.36. The molecule has 1 atom stereocenters. The molecule has 0 spiro atoms. The third-order valence-electron chi connectivity index (χ3n) is 2.62. The molecule has 0 radical (unpaired) electrons. The van der Waals surface area contributed by atoms with E-state index in [0.717, 1.165) is 6.42 Å². The molecule has 1 rings (SSSR count). The average Bonchev–Trinajstić information content (AvgIpc) is 1.94. The van der Waals surface area contributed by atoms with Gasteiger partial charge in [-0.1, -0.05) is 27.2 Å². The smallest absolute Gasteiger partial charge is 0.306 e. The molecule has 0 N–H and O–H groups in total. The molecule has 0 aliphatic carbocycles. The van der Waals surface area contributed by atoms with Gasteiger partial charge in [-0.3, -0.25) is 4.79 Å². The Labute approximate surface area is 67.9 Å². The van der Waals surface area contributed by atoms with Crippen LogP contribution in [0.25, 0.3) is 0 Å². The van der Waals surface area contributed by atoms with Crippen LogP contribution in [-0.2, 0) is 9.53 Å². The first-order valence-corrected chi connectivity index (χ1v) is 4.22. The Kier molecular flexibility index (Phi) is 2.21. The van der Waals surface area contributed by atoms with Gasteiger partial charge in [0.25, 0.3) is 0 Å². The van der Waals surface area contributed by atoms with E-state index < -0.39 is 0 Å². The van der Waals surface area contributed by atoms with Crippen LogP contribution < -0.4 is 0 Å². The summed E-state index contributed by atoms with van der Waals surface area (Å²) in [6, 6.07) is 0. The highest BCUT2D eigenvalue weighted by Gasteiger charge is 2.35. The molecule has 1 unspecified atom stereocenters. The Bertz CT molecular complexity index is 161. The van der Waals surface area contributed by atoms with Crippen LogP contribution in [0.5, 0.6) is 0 Å². The summed E-state index contributed by atoms with van der Waals surface area (Å²) >= 11 is 0. The molecule has 0 aromatic rings. The van der Waals surface area contributed by atoms with Crippen molar-refractivity contribution in [3.05, 3.63) is 0 Å². The SMILES string of the molecule is CCC1CC(=O)OCC1(C)C. The van der Waals surface area contributed by atoms with Gasteiger partial charge in [0.2, 0.25) is 0 Å². The molecule has 0 aromatic carbocycles. The van der Waals surface area contributed by atoms with Crippen LogP contribution >= 0.6 is 0 Å². The van der Waals surface area contributed by atoms with E-state index in [1.807, 2.05) is 0 Å². The first-order chi connectivity index (χ1) is 5.06. The Morgan fingerprint density at radius 1 is 1.64 bits per heavy atom. The highest BCUT2D eigenvalue weighted by Crippen LogP contribution is 2.35. The number of hydrogen-bond acceptors (Lipinski definition) is 2.